The van der Waals surface area contributed by atoms with Gasteiger partial charge in [0.1, 0.15) is 0 Å². The van der Waals surface area contributed by atoms with Crippen LogP contribution in [0.1, 0.15) is 24.8 Å². The average molecular weight is 289 g/mol. The fraction of sp³-hybridized carbons (Fsp3) is 0.562. The number of anilines is 1. The molecule has 0 spiro atoms. The zero-order valence-corrected chi connectivity index (χ0v) is 12.2. The molecule has 2 unspecified atom stereocenters. The first kappa shape index (κ1) is 14.5. The first-order valence-electron chi connectivity index (χ1n) is 7.74. The van der Waals surface area contributed by atoms with Gasteiger partial charge < -0.3 is 15.7 Å². The maximum atomic E-state index is 12.1. The van der Waals surface area contributed by atoms with Crippen molar-refractivity contribution in [1.82, 2.24) is 10.2 Å². The third-order valence-electron chi connectivity index (χ3n) is 4.22. The zero-order valence-electron chi connectivity index (χ0n) is 12.2. The van der Waals surface area contributed by atoms with Crippen LogP contribution in [0.5, 0.6) is 0 Å². The normalized spacial score (nSPS) is 26.1. The quantitative estimate of drug-likeness (QED) is 0.772. The summed E-state index contributed by atoms with van der Waals surface area (Å²) >= 11 is 0. The Labute approximate surface area is 125 Å². The van der Waals surface area contributed by atoms with Crippen LogP contribution >= 0.6 is 0 Å². The van der Waals surface area contributed by atoms with Gasteiger partial charge in [-0.05, 0) is 50.0 Å². The molecule has 2 heterocycles. The second-order valence-electron chi connectivity index (χ2n) is 6.02. The van der Waals surface area contributed by atoms with Crippen LogP contribution in [0.2, 0.25) is 0 Å². The summed E-state index contributed by atoms with van der Waals surface area (Å²) in [5.41, 5.74) is 2.06. The molecule has 5 nitrogen and oxygen atoms in total. The summed E-state index contributed by atoms with van der Waals surface area (Å²) < 4.78 is 0. The fourth-order valence-electron chi connectivity index (χ4n) is 3.09. The minimum absolute atomic E-state index is 0.0649. The summed E-state index contributed by atoms with van der Waals surface area (Å²) in [4.78, 5) is 14.6. The Bertz CT molecular complexity index is 500. The fourth-order valence-corrected chi connectivity index (χ4v) is 3.09. The minimum atomic E-state index is -0.415. The van der Waals surface area contributed by atoms with E-state index < -0.39 is 6.10 Å². The monoisotopic (exact) mass is 289 g/mol. The van der Waals surface area contributed by atoms with Crippen LogP contribution in [0.25, 0.3) is 0 Å². The van der Waals surface area contributed by atoms with Gasteiger partial charge in [0.25, 0.3) is 0 Å². The highest BCUT2D eigenvalue weighted by Crippen LogP contribution is 2.17. The number of rotatable bonds is 4. The van der Waals surface area contributed by atoms with Gasteiger partial charge in [0, 0.05) is 18.8 Å². The molecule has 3 rings (SSSR count). The molecule has 5 heteroatoms. The molecule has 2 atom stereocenters. The van der Waals surface area contributed by atoms with Crippen LogP contribution in [0.3, 0.4) is 0 Å². The molecule has 1 aromatic carbocycles. The van der Waals surface area contributed by atoms with Gasteiger partial charge in [-0.3, -0.25) is 9.69 Å². The van der Waals surface area contributed by atoms with Gasteiger partial charge in [-0.2, -0.15) is 0 Å². The lowest BCUT2D eigenvalue weighted by Crippen LogP contribution is -2.35. The SMILES string of the molecule is O=C(Nc1cccc(CN2CCCC2)c1)C1CC(O)CN1. The van der Waals surface area contributed by atoms with Crippen molar-refractivity contribution in [2.75, 3.05) is 25.0 Å². The van der Waals surface area contributed by atoms with Crippen molar-refractivity contribution < 1.29 is 9.90 Å². The van der Waals surface area contributed by atoms with Crippen LogP contribution in [-0.2, 0) is 11.3 Å². The lowest BCUT2D eigenvalue weighted by molar-refractivity contribution is -0.117. The van der Waals surface area contributed by atoms with Crippen molar-refractivity contribution in [2.45, 2.75) is 38.0 Å². The van der Waals surface area contributed by atoms with Gasteiger partial charge in [-0.15, -0.1) is 0 Å². The van der Waals surface area contributed by atoms with E-state index in [1.165, 1.54) is 31.5 Å². The first-order valence-corrected chi connectivity index (χ1v) is 7.74. The van der Waals surface area contributed by atoms with Crippen molar-refractivity contribution in [3.63, 3.8) is 0 Å². The maximum absolute atomic E-state index is 12.1. The molecule has 0 aliphatic carbocycles. The van der Waals surface area contributed by atoms with Crippen LogP contribution in [0, 0.1) is 0 Å². The van der Waals surface area contributed by atoms with Crippen LogP contribution in [-0.4, -0.2) is 47.7 Å². The van der Waals surface area contributed by atoms with E-state index >= 15 is 0 Å². The molecule has 0 bridgehead atoms. The zero-order chi connectivity index (χ0) is 14.7. The van der Waals surface area contributed by atoms with Gasteiger partial charge in [0.2, 0.25) is 5.91 Å². The number of aliphatic hydroxyl groups excluding tert-OH is 1. The number of hydrogen-bond donors (Lipinski definition) is 3. The Hall–Kier alpha value is -1.43. The van der Waals surface area contributed by atoms with E-state index in [-0.39, 0.29) is 11.9 Å². The highest BCUT2D eigenvalue weighted by atomic mass is 16.3. The summed E-state index contributed by atoms with van der Waals surface area (Å²) in [5.74, 6) is -0.0649. The number of amides is 1. The van der Waals surface area contributed by atoms with Crippen molar-refractivity contribution >= 4 is 11.6 Å². The third-order valence-corrected chi connectivity index (χ3v) is 4.22. The van der Waals surface area contributed by atoms with E-state index in [0.717, 1.165) is 12.2 Å². The topological polar surface area (TPSA) is 64.6 Å². The molecule has 0 radical (unpaired) electrons. The summed E-state index contributed by atoms with van der Waals surface area (Å²) in [7, 11) is 0. The number of β-amino-alcohol motifs (C(OH)–C–C–N with tert-alkyl or cyclic N) is 1. The number of hydrogen-bond acceptors (Lipinski definition) is 4. The Kier molecular flexibility index (Phi) is 4.53. The number of aliphatic hydroxyl groups is 1. The molecule has 2 fully saturated rings. The molecule has 1 aromatic rings. The molecule has 2 aliphatic rings. The number of benzene rings is 1. The van der Waals surface area contributed by atoms with E-state index in [1.54, 1.807) is 0 Å². The largest absolute Gasteiger partial charge is 0.392 e. The molecule has 2 aliphatic heterocycles. The molecular weight excluding hydrogens is 266 g/mol. The summed E-state index contributed by atoms with van der Waals surface area (Å²) in [5, 5.41) is 15.4. The highest BCUT2D eigenvalue weighted by molar-refractivity contribution is 5.95. The Morgan fingerprint density at radius 3 is 2.90 bits per heavy atom. The van der Waals surface area contributed by atoms with Crippen molar-refractivity contribution in [2.24, 2.45) is 0 Å². The van der Waals surface area contributed by atoms with Crippen molar-refractivity contribution in [1.29, 1.82) is 0 Å². The molecule has 1 amide bonds. The van der Waals surface area contributed by atoms with Gasteiger partial charge in [0.15, 0.2) is 0 Å². The number of carbonyl (C=O) groups excluding carboxylic acids is 1. The van der Waals surface area contributed by atoms with Crippen molar-refractivity contribution in [3.05, 3.63) is 29.8 Å². The van der Waals surface area contributed by atoms with E-state index in [4.69, 9.17) is 0 Å². The molecule has 0 saturated carbocycles. The van der Waals surface area contributed by atoms with E-state index in [9.17, 15) is 9.90 Å². The number of nitrogens with one attached hydrogen (secondary N) is 2. The van der Waals surface area contributed by atoms with Gasteiger partial charge in [-0.25, -0.2) is 0 Å². The maximum Gasteiger partial charge on any atom is 0.241 e. The standard InChI is InChI=1S/C16H23N3O2/c20-14-9-15(17-10-14)16(21)18-13-5-3-4-12(8-13)11-19-6-1-2-7-19/h3-5,8,14-15,17,20H,1-2,6-7,9-11H2,(H,18,21). The van der Waals surface area contributed by atoms with Gasteiger partial charge in [-0.1, -0.05) is 12.1 Å². The minimum Gasteiger partial charge on any atom is -0.392 e. The predicted molar refractivity (Wildman–Crippen MR) is 82.0 cm³/mol. The third kappa shape index (κ3) is 3.81. The molecule has 21 heavy (non-hydrogen) atoms. The first-order chi connectivity index (χ1) is 10.2. The summed E-state index contributed by atoms with van der Waals surface area (Å²) in [6, 6.07) is 7.75. The highest BCUT2D eigenvalue weighted by Gasteiger charge is 2.27. The predicted octanol–water partition coefficient (Wildman–Crippen LogP) is 0.944. The molecule has 114 valence electrons. The number of carbonyl (C=O) groups is 1. The smallest absolute Gasteiger partial charge is 0.241 e. The van der Waals surface area contributed by atoms with Crippen LogP contribution in [0.15, 0.2) is 24.3 Å². The number of likely N-dealkylation sites (tertiary alicyclic amines) is 1. The number of nitrogens with zero attached hydrogens (tertiary/aromatic N) is 1. The second kappa shape index (κ2) is 6.56. The Morgan fingerprint density at radius 1 is 1.38 bits per heavy atom. The Balaban J connectivity index is 1.58. The lowest BCUT2D eigenvalue weighted by Gasteiger charge is -2.16. The van der Waals surface area contributed by atoms with E-state index in [1.807, 2.05) is 18.2 Å². The lowest BCUT2D eigenvalue weighted by atomic mass is 10.1. The average Bonchev–Trinajstić information content (AvgIpc) is 3.11. The van der Waals surface area contributed by atoms with Crippen LogP contribution < -0.4 is 10.6 Å². The second-order valence-corrected chi connectivity index (χ2v) is 6.02. The molecule has 2 saturated heterocycles. The molecule has 3 N–H and O–H groups in total. The molecular formula is C16H23N3O2. The Morgan fingerprint density at radius 2 is 2.19 bits per heavy atom. The molecule has 0 aromatic heterocycles. The summed E-state index contributed by atoms with van der Waals surface area (Å²) in [6.07, 6.45) is 2.64. The van der Waals surface area contributed by atoms with Crippen LogP contribution in [0.4, 0.5) is 5.69 Å². The van der Waals surface area contributed by atoms with E-state index in [2.05, 4.69) is 21.6 Å². The summed E-state index contributed by atoms with van der Waals surface area (Å²) in [6.45, 7) is 3.78. The van der Waals surface area contributed by atoms with Gasteiger partial charge in [0.05, 0.1) is 12.1 Å². The van der Waals surface area contributed by atoms with E-state index in [0.29, 0.717) is 13.0 Å². The van der Waals surface area contributed by atoms with Crippen molar-refractivity contribution in [3.8, 4) is 0 Å². The van der Waals surface area contributed by atoms with Gasteiger partial charge >= 0.3 is 0 Å².